The van der Waals surface area contributed by atoms with Gasteiger partial charge in [0.15, 0.2) is 11.5 Å². The summed E-state index contributed by atoms with van der Waals surface area (Å²) in [5.74, 6) is 1.90. The fourth-order valence-electron chi connectivity index (χ4n) is 3.06. The van der Waals surface area contributed by atoms with Crippen LogP contribution in [0.25, 0.3) is 0 Å². The highest BCUT2D eigenvalue weighted by Gasteiger charge is 2.16. The summed E-state index contributed by atoms with van der Waals surface area (Å²) in [4.78, 5) is 0. The lowest BCUT2D eigenvalue weighted by molar-refractivity contribution is 0.252. The predicted octanol–water partition coefficient (Wildman–Crippen LogP) is 5.30. The van der Waals surface area contributed by atoms with E-state index in [1.54, 1.807) is 0 Å². The van der Waals surface area contributed by atoms with E-state index in [-0.39, 0.29) is 0 Å². The zero-order valence-electron chi connectivity index (χ0n) is 15.8. The molecule has 0 aliphatic carbocycles. The van der Waals surface area contributed by atoms with E-state index < -0.39 is 0 Å². The van der Waals surface area contributed by atoms with Crippen LogP contribution in [0.15, 0.2) is 78.9 Å². The molecule has 27 heavy (non-hydrogen) atoms. The third-order valence-corrected chi connectivity index (χ3v) is 4.60. The minimum Gasteiger partial charge on any atom is -0.485 e. The molecule has 3 heteroatoms. The minimum absolute atomic E-state index is 0.307. The lowest BCUT2D eigenvalue weighted by atomic mass is 9.96. The van der Waals surface area contributed by atoms with Crippen molar-refractivity contribution in [2.75, 3.05) is 6.54 Å². The first-order valence-corrected chi connectivity index (χ1v) is 9.44. The Bertz CT molecular complexity index is 818. The van der Waals surface area contributed by atoms with Gasteiger partial charge < -0.3 is 15.2 Å². The Morgan fingerprint density at radius 2 is 1.33 bits per heavy atom. The Balaban J connectivity index is 1.83. The Kier molecular flexibility index (Phi) is 6.89. The summed E-state index contributed by atoms with van der Waals surface area (Å²) in [5.41, 5.74) is 9.19. The van der Waals surface area contributed by atoms with Crippen LogP contribution in [0.1, 0.15) is 36.0 Å². The lowest BCUT2D eigenvalue weighted by Gasteiger charge is -2.20. The summed E-state index contributed by atoms with van der Waals surface area (Å²) in [7, 11) is 0. The van der Waals surface area contributed by atoms with Crippen LogP contribution in [0.2, 0.25) is 0 Å². The SMILES string of the molecule is CC(CCN)c1cccc(OCc2ccccc2)c1OCc1ccccc1. The summed E-state index contributed by atoms with van der Waals surface area (Å²) >= 11 is 0. The smallest absolute Gasteiger partial charge is 0.165 e. The molecule has 3 aromatic rings. The first-order valence-electron chi connectivity index (χ1n) is 9.44. The summed E-state index contributed by atoms with van der Waals surface area (Å²) < 4.78 is 12.4. The van der Waals surface area contributed by atoms with Gasteiger partial charge in [0.2, 0.25) is 0 Å². The first kappa shape index (κ1) is 19.0. The van der Waals surface area contributed by atoms with Crippen LogP contribution in [0.3, 0.4) is 0 Å². The molecule has 0 aliphatic rings. The van der Waals surface area contributed by atoms with Gasteiger partial charge in [-0.15, -0.1) is 0 Å². The molecule has 0 radical (unpaired) electrons. The Labute approximate surface area is 161 Å². The van der Waals surface area contributed by atoms with E-state index in [0.717, 1.165) is 34.6 Å². The predicted molar refractivity (Wildman–Crippen MR) is 110 cm³/mol. The number of ether oxygens (including phenoxy) is 2. The second-order valence-electron chi connectivity index (χ2n) is 6.70. The molecule has 0 spiro atoms. The van der Waals surface area contributed by atoms with Crippen molar-refractivity contribution in [2.45, 2.75) is 32.5 Å². The Morgan fingerprint density at radius 3 is 1.93 bits per heavy atom. The maximum atomic E-state index is 6.24. The first-order chi connectivity index (χ1) is 13.3. The van der Waals surface area contributed by atoms with Gasteiger partial charge in [0, 0.05) is 5.56 Å². The van der Waals surface area contributed by atoms with Crippen molar-refractivity contribution in [1.82, 2.24) is 0 Å². The fraction of sp³-hybridized carbons (Fsp3) is 0.250. The number of rotatable bonds is 9. The maximum Gasteiger partial charge on any atom is 0.165 e. The monoisotopic (exact) mass is 361 g/mol. The van der Waals surface area contributed by atoms with E-state index in [4.69, 9.17) is 15.2 Å². The van der Waals surface area contributed by atoms with Crippen molar-refractivity contribution in [3.63, 3.8) is 0 Å². The highest BCUT2D eigenvalue weighted by atomic mass is 16.5. The molecule has 2 N–H and O–H groups in total. The van der Waals surface area contributed by atoms with Crippen molar-refractivity contribution in [3.05, 3.63) is 95.6 Å². The number of para-hydroxylation sites is 1. The summed E-state index contributed by atoms with van der Waals surface area (Å²) in [6.07, 6.45) is 0.907. The molecule has 3 aromatic carbocycles. The fourth-order valence-corrected chi connectivity index (χ4v) is 3.06. The quantitative estimate of drug-likeness (QED) is 0.563. The van der Waals surface area contributed by atoms with Crippen molar-refractivity contribution >= 4 is 0 Å². The minimum atomic E-state index is 0.307. The van der Waals surface area contributed by atoms with Crippen LogP contribution >= 0.6 is 0 Å². The molecule has 0 saturated carbocycles. The van der Waals surface area contributed by atoms with Crippen LogP contribution in [-0.4, -0.2) is 6.54 Å². The average Bonchev–Trinajstić information content (AvgIpc) is 2.72. The lowest BCUT2D eigenvalue weighted by Crippen LogP contribution is -2.08. The van der Waals surface area contributed by atoms with E-state index in [1.807, 2.05) is 48.5 Å². The molecule has 1 unspecified atom stereocenters. The molecule has 0 amide bonds. The van der Waals surface area contributed by atoms with E-state index in [1.165, 1.54) is 0 Å². The topological polar surface area (TPSA) is 44.5 Å². The third kappa shape index (κ3) is 5.35. The normalized spacial score (nSPS) is 11.8. The van der Waals surface area contributed by atoms with Gasteiger partial charge in [0.1, 0.15) is 13.2 Å². The van der Waals surface area contributed by atoms with Crippen LogP contribution in [-0.2, 0) is 13.2 Å². The van der Waals surface area contributed by atoms with Gasteiger partial charge in [0.25, 0.3) is 0 Å². The van der Waals surface area contributed by atoms with E-state index in [0.29, 0.717) is 25.7 Å². The number of hydrogen-bond donors (Lipinski definition) is 1. The van der Waals surface area contributed by atoms with Crippen LogP contribution in [0.5, 0.6) is 11.5 Å². The van der Waals surface area contributed by atoms with E-state index >= 15 is 0 Å². The summed E-state index contributed by atoms with van der Waals surface area (Å²) in [5, 5.41) is 0. The Morgan fingerprint density at radius 1 is 0.741 bits per heavy atom. The largest absolute Gasteiger partial charge is 0.485 e. The van der Waals surface area contributed by atoms with Crippen LogP contribution in [0.4, 0.5) is 0 Å². The Hall–Kier alpha value is -2.78. The number of nitrogens with two attached hydrogens (primary N) is 1. The molecular formula is C24H27NO2. The molecule has 3 nitrogen and oxygen atoms in total. The number of benzene rings is 3. The highest BCUT2D eigenvalue weighted by molar-refractivity contribution is 5.48. The molecule has 0 aromatic heterocycles. The van der Waals surface area contributed by atoms with Gasteiger partial charge in [-0.25, -0.2) is 0 Å². The maximum absolute atomic E-state index is 6.24. The third-order valence-electron chi connectivity index (χ3n) is 4.60. The standard InChI is InChI=1S/C24H27NO2/c1-19(15-16-25)22-13-8-14-23(26-17-20-9-4-2-5-10-20)24(22)27-18-21-11-6-3-7-12-21/h2-14,19H,15-18,25H2,1H3. The molecule has 0 bridgehead atoms. The van der Waals surface area contributed by atoms with Crippen LogP contribution in [0, 0.1) is 0 Å². The highest BCUT2D eigenvalue weighted by Crippen LogP contribution is 2.37. The van der Waals surface area contributed by atoms with E-state index in [2.05, 4.69) is 37.3 Å². The van der Waals surface area contributed by atoms with Crippen LogP contribution < -0.4 is 15.2 Å². The van der Waals surface area contributed by atoms with Gasteiger partial charge in [-0.3, -0.25) is 0 Å². The molecule has 140 valence electrons. The van der Waals surface area contributed by atoms with Crippen molar-refractivity contribution in [1.29, 1.82) is 0 Å². The molecule has 0 heterocycles. The molecular weight excluding hydrogens is 334 g/mol. The molecule has 1 atom stereocenters. The van der Waals surface area contributed by atoms with Gasteiger partial charge in [-0.2, -0.15) is 0 Å². The van der Waals surface area contributed by atoms with Gasteiger partial charge in [0.05, 0.1) is 0 Å². The van der Waals surface area contributed by atoms with Gasteiger partial charge in [-0.1, -0.05) is 79.7 Å². The average molecular weight is 361 g/mol. The zero-order chi connectivity index (χ0) is 18.9. The second kappa shape index (κ2) is 9.79. The van der Waals surface area contributed by atoms with Crippen molar-refractivity contribution in [3.8, 4) is 11.5 Å². The summed E-state index contributed by atoms with van der Waals surface area (Å²) in [6, 6.07) is 26.5. The second-order valence-corrected chi connectivity index (χ2v) is 6.70. The van der Waals surface area contributed by atoms with Crippen molar-refractivity contribution in [2.24, 2.45) is 5.73 Å². The van der Waals surface area contributed by atoms with Gasteiger partial charge >= 0.3 is 0 Å². The zero-order valence-corrected chi connectivity index (χ0v) is 15.8. The van der Waals surface area contributed by atoms with E-state index in [9.17, 15) is 0 Å². The molecule has 0 fully saturated rings. The number of hydrogen-bond acceptors (Lipinski definition) is 3. The molecule has 3 rings (SSSR count). The van der Waals surface area contributed by atoms with Crippen molar-refractivity contribution < 1.29 is 9.47 Å². The molecule has 0 saturated heterocycles. The summed E-state index contributed by atoms with van der Waals surface area (Å²) in [6.45, 7) is 3.85. The molecule has 0 aliphatic heterocycles. The van der Waals surface area contributed by atoms with Gasteiger partial charge in [-0.05, 0) is 36.1 Å².